The fourth-order valence-electron chi connectivity index (χ4n) is 5.80. The van der Waals surface area contributed by atoms with Crippen LogP contribution in [-0.4, -0.2) is 18.3 Å². The number of halogens is 1. The van der Waals surface area contributed by atoms with Gasteiger partial charge in [-0.05, 0) is 64.7 Å². The second kappa shape index (κ2) is 13.7. The van der Waals surface area contributed by atoms with Gasteiger partial charge in [-0.1, -0.05) is 108 Å². The Bertz CT molecular complexity index is 1570. The van der Waals surface area contributed by atoms with Gasteiger partial charge in [0.05, 0.1) is 25.4 Å². The first-order valence-electron chi connectivity index (χ1n) is 14.8. The van der Waals surface area contributed by atoms with Crippen molar-refractivity contribution in [2.45, 2.75) is 70.7 Å². The number of aryl methyl sites for hydroxylation is 1. The molecule has 42 heavy (non-hydrogen) atoms. The lowest BCUT2D eigenvalue weighted by molar-refractivity contribution is -0.211. The van der Waals surface area contributed by atoms with E-state index in [1.165, 1.54) is 26.1 Å². The second-order valence-electron chi connectivity index (χ2n) is 11.1. The Morgan fingerprint density at radius 3 is 2.19 bits per heavy atom. The third kappa shape index (κ3) is 6.88. The number of rotatable bonds is 10. The standard InChI is InChI=1S/C37H37BrO3S/c1-3-30-22-34(39-23-26-12-6-4-7-13-26)37(40-24-27-14-8-5-9-15-27)36(41-30)32-21-29(25(2)18-33(32)38)20-31-19-28-16-10-11-17-35(28)42-31/h4-19,21,30,34,36-37H,3,20,22-24H2,1-2H3/t30-,34+,36+,37-/m1/s1. The maximum atomic E-state index is 6.85. The molecule has 0 spiro atoms. The molecule has 0 radical (unpaired) electrons. The summed E-state index contributed by atoms with van der Waals surface area (Å²) < 4.78 is 22.6. The summed E-state index contributed by atoms with van der Waals surface area (Å²) in [5, 5.41) is 1.31. The lowest BCUT2D eigenvalue weighted by Gasteiger charge is -2.42. The largest absolute Gasteiger partial charge is 0.371 e. The van der Waals surface area contributed by atoms with E-state index in [0.717, 1.165) is 40.4 Å². The summed E-state index contributed by atoms with van der Waals surface area (Å²) in [6, 6.07) is 36.3. The first-order chi connectivity index (χ1) is 20.6. The van der Waals surface area contributed by atoms with Gasteiger partial charge in [-0.15, -0.1) is 11.3 Å². The molecule has 0 amide bonds. The van der Waals surface area contributed by atoms with E-state index in [2.05, 4.69) is 121 Å². The molecule has 0 saturated carbocycles. The number of fused-ring (bicyclic) bond motifs is 1. The van der Waals surface area contributed by atoms with E-state index >= 15 is 0 Å². The first kappa shape index (κ1) is 29.3. The average Bonchev–Trinajstić information content (AvgIpc) is 3.44. The molecule has 0 aliphatic carbocycles. The van der Waals surface area contributed by atoms with E-state index in [1.54, 1.807) is 0 Å². The van der Waals surface area contributed by atoms with Crippen molar-refractivity contribution in [1.82, 2.24) is 0 Å². The van der Waals surface area contributed by atoms with Crippen LogP contribution in [-0.2, 0) is 33.8 Å². The molecule has 4 aromatic carbocycles. The van der Waals surface area contributed by atoms with Crippen molar-refractivity contribution in [2.75, 3.05) is 0 Å². The van der Waals surface area contributed by atoms with Crippen LogP contribution in [0, 0.1) is 6.92 Å². The summed E-state index contributed by atoms with van der Waals surface area (Å²) in [5.74, 6) is 0. The monoisotopic (exact) mass is 640 g/mol. The molecule has 5 aromatic rings. The number of ether oxygens (including phenoxy) is 3. The van der Waals surface area contributed by atoms with Crippen molar-refractivity contribution >= 4 is 37.4 Å². The van der Waals surface area contributed by atoms with Crippen LogP contribution in [0.1, 0.15) is 58.6 Å². The van der Waals surface area contributed by atoms with Gasteiger partial charge in [-0.2, -0.15) is 0 Å². The molecule has 216 valence electrons. The lowest BCUT2D eigenvalue weighted by atomic mass is 9.89. The highest BCUT2D eigenvalue weighted by atomic mass is 79.9. The molecule has 3 nitrogen and oxygen atoms in total. The molecule has 0 N–H and O–H groups in total. The smallest absolute Gasteiger partial charge is 0.115 e. The maximum Gasteiger partial charge on any atom is 0.115 e. The van der Waals surface area contributed by atoms with E-state index in [9.17, 15) is 0 Å². The minimum atomic E-state index is -0.260. The zero-order valence-electron chi connectivity index (χ0n) is 24.2. The third-order valence-corrected chi connectivity index (χ3v) is 9.95. The number of hydrogen-bond donors (Lipinski definition) is 0. The van der Waals surface area contributed by atoms with Gasteiger partial charge in [0.1, 0.15) is 12.2 Å². The predicted molar refractivity (Wildman–Crippen MR) is 176 cm³/mol. The first-order valence-corrected chi connectivity index (χ1v) is 16.4. The molecule has 1 aliphatic rings. The number of thiophene rings is 1. The normalized spacial score (nSPS) is 20.6. The van der Waals surface area contributed by atoms with E-state index in [1.807, 2.05) is 23.5 Å². The van der Waals surface area contributed by atoms with Crippen LogP contribution in [0.25, 0.3) is 10.1 Å². The Kier molecular flexibility index (Phi) is 9.53. The minimum Gasteiger partial charge on any atom is -0.371 e. The summed E-state index contributed by atoms with van der Waals surface area (Å²) in [7, 11) is 0. The van der Waals surface area contributed by atoms with Crippen LogP contribution < -0.4 is 0 Å². The molecular formula is C37H37BrO3S. The molecule has 1 aliphatic heterocycles. The van der Waals surface area contributed by atoms with E-state index in [-0.39, 0.29) is 24.4 Å². The summed E-state index contributed by atoms with van der Waals surface area (Å²) in [6.45, 7) is 5.44. The van der Waals surface area contributed by atoms with Crippen LogP contribution in [0.4, 0.5) is 0 Å². The third-order valence-electron chi connectivity index (χ3n) is 8.15. The molecule has 6 rings (SSSR count). The molecule has 1 aromatic heterocycles. The topological polar surface area (TPSA) is 27.7 Å². The van der Waals surface area contributed by atoms with Crippen LogP contribution in [0.15, 0.2) is 108 Å². The van der Waals surface area contributed by atoms with Crippen LogP contribution in [0.5, 0.6) is 0 Å². The van der Waals surface area contributed by atoms with Gasteiger partial charge >= 0.3 is 0 Å². The molecule has 5 heteroatoms. The zero-order chi connectivity index (χ0) is 28.9. The van der Waals surface area contributed by atoms with Gasteiger partial charge < -0.3 is 14.2 Å². The van der Waals surface area contributed by atoms with Crippen molar-refractivity contribution in [2.24, 2.45) is 0 Å². The highest BCUT2D eigenvalue weighted by Gasteiger charge is 2.41. The Morgan fingerprint density at radius 2 is 1.50 bits per heavy atom. The summed E-state index contributed by atoms with van der Waals surface area (Å²) in [5.41, 5.74) is 6.01. The van der Waals surface area contributed by atoms with Crippen molar-refractivity contribution in [3.63, 3.8) is 0 Å². The van der Waals surface area contributed by atoms with Gasteiger partial charge in [-0.3, -0.25) is 0 Å². The van der Waals surface area contributed by atoms with Gasteiger partial charge in [0, 0.05) is 26.9 Å². The highest BCUT2D eigenvalue weighted by molar-refractivity contribution is 9.10. The van der Waals surface area contributed by atoms with Gasteiger partial charge in [-0.25, -0.2) is 0 Å². The lowest BCUT2D eigenvalue weighted by Crippen LogP contribution is -2.46. The van der Waals surface area contributed by atoms with Gasteiger partial charge in [0.15, 0.2) is 0 Å². The summed E-state index contributed by atoms with van der Waals surface area (Å²) in [6.07, 6.45) is 2.09. The summed E-state index contributed by atoms with van der Waals surface area (Å²) in [4.78, 5) is 1.37. The molecule has 1 fully saturated rings. The van der Waals surface area contributed by atoms with E-state index in [0.29, 0.717) is 13.2 Å². The molecule has 2 heterocycles. The van der Waals surface area contributed by atoms with Crippen molar-refractivity contribution in [1.29, 1.82) is 0 Å². The predicted octanol–water partition coefficient (Wildman–Crippen LogP) is 9.97. The Balaban J connectivity index is 1.32. The maximum absolute atomic E-state index is 6.85. The quantitative estimate of drug-likeness (QED) is 0.152. The number of hydrogen-bond acceptors (Lipinski definition) is 4. The fraction of sp³-hybridized carbons (Fsp3) is 0.297. The molecule has 0 bridgehead atoms. The molecular weight excluding hydrogens is 604 g/mol. The Hall–Kier alpha value is -2.80. The van der Waals surface area contributed by atoms with E-state index < -0.39 is 0 Å². The molecule has 4 atom stereocenters. The minimum absolute atomic E-state index is 0.0894. The van der Waals surface area contributed by atoms with Gasteiger partial charge in [0.2, 0.25) is 0 Å². The Morgan fingerprint density at radius 1 is 0.833 bits per heavy atom. The average molecular weight is 642 g/mol. The van der Waals surface area contributed by atoms with Crippen LogP contribution in [0.2, 0.25) is 0 Å². The fourth-order valence-corrected chi connectivity index (χ4v) is 7.57. The van der Waals surface area contributed by atoms with E-state index in [4.69, 9.17) is 14.2 Å². The van der Waals surface area contributed by atoms with Crippen molar-refractivity contribution in [3.05, 3.63) is 140 Å². The molecule has 0 unspecified atom stereocenters. The Labute approximate surface area is 261 Å². The highest BCUT2D eigenvalue weighted by Crippen LogP contribution is 2.41. The second-order valence-corrected chi connectivity index (χ2v) is 13.2. The molecule has 1 saturated heterocycles. The summed E-state index contributed by atoms with van der Waals surface area (Å²) >= 11 is 5.79. The van der Waals surface area contributed by atoms with Gasteiger partial charge in [0.25, 0.3) is 0 Å². The van der Waals surface area contributed by atoms with Crippen LogP contribution >= 0.6 is 27.3 Å². The number of benzene rings is 4. The zero-order valence-corrected chi connectivity index (χ0v) is 26.6. The SMILES string of the molecule is CC[C@@H]1C[C@H](OCc2ccccc2)[C@@H](OCc2ccccc2)[C@H](c2cc(Cc3cc4ccccc4s3)c(C)cc2Br)O1. The van der Waals surface area contributed by atoms with Crippen molar-refractivity contribution in [3.8, 4) is 0 Å². The van der Waals surface area contributed by atoms with Crippen molar-refractivity contribution < 1.29 is 14.2 Å². The van der Waals surface area contributed by atoms with Crippen LogP contribution in [0.3, 0.4) is 0 Å².